The number of anilines is 2. The molecule has 0 aliphatic carbocycles. The van der Waals surface area contributed by atoms with Gasteiger partial charge in [0.15, 0.2) is 0 Å². The second-order valence-electron chi connectivity index (χ2n) is 7.44. The van der Waals surface area contributed by atoms with E-state index in [1.807, 2.05) is 37.2 Å². The molecule has 2 aromatic rings. The van der Waals surface area contributed by atoms with Crippen LogP contribution < -0.4 is 10.6 Å². The first-order valence-corrected chi connectivity index (χ1v) is 8.52. The lowest BCUT2D eigenvalue weighted by Gasteiger charge is -2.19. The summed E-state index contributed by atoms with van der Waals surface area (Å²) in [6.45, 7) is 8.01. The van der Waals surface area contributed by atoms with E-state index in [9.17, 15) is 4.79 Å². The highest BCUT2D eigenvalue weighted by Gasteiger charge is 2.13. The number of carbonyl (C=O) groups is 1. The Morgan fingerprint density at radius 2 is 1.76 bits per heavy atom. The van der Waals surface area contributed by atoms with Crippen LogP contribution in [0.4, 0.5) is 11.5 Å². The Balaban J connectivity index is 1.95. The molecule has 2 rings (SSSR count). The molecular weight excluding hydrogens is 312 g/mol. The molecule has 0 atom stereocenters. The first-order valence-electron chi connectivity index (χ1n) is 8.52. The lowest BCUT2D eigenvalue weighted by molar-refractivity contribution is 0.0950. The van der Waals surface area contributed by atoms with Crippen LogP contribution in [0.3, 0.4) is 0 Å². The van der Waals surface area contributed by atoms with Crippen molar-refractivity contribution in [3.05, 3.63) is 53.7 Å². The standard InChI is InChI=1S/C20H28N4O/c1-20(2,3)16-7-9-17(10-8-16)23-18-11-6-15(14-22-18)19(25)21-12-13-24(4)5/h6-11,14H,12-13H2,1-5H3,(H,21,25)(H,22,23). The molecule has 5 nitrogen and oxygen atoms in total. The van der Waals surface area contributed by atoms with Crippen LogP contribution in [-0.4, -0.2) is 43.0 Å². The van der Waals surface area contributed by atoms with Gasteiger partial charge in [0.05, 0.1) is 5.56 Å². The molecule has 0 aliphatic heterocycles. The number of nitrogens with zero attached hydrogens (tertiary/aromatic N) is 2. The van der Waals surface area contributed by atoms with Crippen molar-refractivity contribution in [1.82, 2.24) is 15.2 Å². The van der Waals surface area contributed by atoms with E-state index in [0.29, 0.717) is 17.9 Å². The van der Waals surface area contributed by atoms with Gasteiger partial charge in [0.25, 0.3) is 5.91 Å². The van der Waals surface area contributed by atoms with Gasteiger partial charge in [-0.25, -0.2) is 4.98 Å². The number of nitrogens with one attached hydrogen (secondary N) is 2. The lowest BCUT2D eigenvalue weighted by atomic mass is 9.87. The normalized spacial score (nSPS) is 11.4. The monoisotopic (exact) mass is 340 g/mol. The average Bonchev–Trinajstić information content (AvgIpc) is 2.55. The quantitative estimate of drug-likeness (QED) is 0.846. The molecule has 1 aromatic heterocycles. The van der Waals surface area contributed by atoms with Gasteiger partial charge in [-0.05, 0) is 49.3 Å². The van der Waals surface area contributed by atoms with Gasteiger partial charge in [0, 0.05) is 25.0 Å². The molecule has 134 valence electrons. The molecular formula is C20H28N4O. The van der Waals surface area contributed by atoms with Gasteiger partial charge in [0.2, 0.25) is 0 Å². The van der Waals surface area contributed by atoms with Crippen molar-refractivity contribution >= 4 is 17.4 Å². The summed E-state index contributed by atoms with van der Waals surface area (Å²) < 4.78 is 0. The summed E-state index contributed by atoms with van der Waals surface area (Å²) >= 11 is 0. The number of aromatic nitrogens is 1. The maximum absolute atomic E-state index is 12.0. The second kappa shape index (κ2) is 8.12. The zero-order valence-electron chi connectivity index (χ0n) is 15.8. The van der Waals surface area contributed by atoms with Gasteiger partial charge in [0.1, 0.15) is 5.82 Å². The minimum absolute atomic E-state index is 0.101. The minimum Gasteiger partial charge on any atom is -0.351 e. The number of rotatable bonds is 6. The van der Waals surface area contributed by atoms with Crippen LogP contribution in [0.5, 0.6) is 0 Å². The Labute approximate surface area is 150 Å². The SMILES string of the molecule is CN(C)CCNC(=O)c1ccc(Nc2ccc(C(C)(C)C)cc2)nc1. The topological polar surface area (TPSA) is 57.3 Å². The van der Waals surface area contributed by atoms with Crippen molar-refractivity contribution in [3.8, 4) is 0 Å². The second-order valence-corrected chi connectivity index (χ2v) is 7.44. The first kappa shape index (κ1) is 18.9. The fourth-order valence-electron chi connectivity index (χ4n) is 2.30. The summed E-state index contributed by atoms with van der Waals surface area (Å²) in [6.07, 6.45) is 1.59. The van der Waals surface area contributed by atoms with Crippen molar-refractivity contribution in [3.63, 3.8) is 0 Å². The summed E-state index contributed by atoms with van der Waals surface area (Å²) in [7, 11) is 3.95. The van der Waals surface area contributed by atoms with Gasteiger partial charge in [-0.3, -0.25) is 4.79 Å². The molecule has 0 bridgehead atoms. The predicted octanol–water partition coefficient (Wildman–Crippen LogP) is 3.41. The molecule has 2 N–H and O–H groups in total. The van der Waals surface area contributed by atoms with Gasteiger partial charge in [-0.15, -0.1) is 0 Å². The molecule has 0 spiro atoms. The number of carbonyl (C=O) groups excluding carboxylic acids is 1. The lowest BCUT2D eigenvalue weighted by Crippen LogP contribution is -2.31. The highest BCUT2D eigenvalue weighted by Crippen LogP contribution is 2.24. The van der Waals surface area contributed by atoms with Gasteiger partial charge in [-0.1, -0.05) is 32.9 Å². The van der Waals surface area contributed by atoms with E-state index in [0.717, 1.165) is 12.2 Å². The van der Waals surface area contributed by atoms with Crippen molar-refractivity contribution < 1.29 is 4.79 Å². The Morgan fingerprint density at radius 1 is 1.08 bits per heavy atom. The number of pyridine rings is 1. The zero-order valence-corrected chi connectivity index (χ0v) is 15.8. The molecule has 1 heterocycles. The van der Waals surface area contributed by atoms with Crippen LogP contribution in [0.15, 0.2) is 42.6 Å². The van der Waals surface area contributed by atoms with E-state index in [1.165, 1.54) is 5.56 Å². The third kappa shape index (κ3) is 5.87. The summed E-state index contributed by atoms with van der Waals surface area (Å²) in [5.74, 6) is 0.615. The molecule has 1 aromatic carbocycles. The Morgan fingerprint density at radius 3 is 2.28 bits per heavy atom. The number of hydrogen-bond donors (Lipinski definition) is 2. The van der Waals surface area contributed by atoms with Crippen LogP contribution >= 0.6 is 0 Å². The van der Waals surface area contributed by atoms with E-state index in [-0.39, 0.29) is 11.3 Å². The van der Waals surface area contributed by atoms with E-state index in [2.05, 4.69) is 48.5 Å². The third-order valence-electron chi connectivity index (χ3n) is 3.89. The molecule has 25 heavy (non-hydrogen) atoms. The van der Waals surface area contributed by atoms with E-state index in [1.54, 1.807) is 12.3 Å². The Hall–Kier alpha value is -2.40. The van der Waals surface area contributed by atoms with E-state index < -0.39 is 0 Å². The molecule has 0 saturated carbocycles. The van der Waals surface area contributed by atoms with E-state index >= 15 is 0 Å². The maximum Gasteiger partial charge on any atom is 0.252 e. The molecule has 0 aliphatic rings. The van der Waals surface area contributed by atoms with Crippen LogP contribution in [0.1, 0.15) is 36.7 Å². The molecule has 5 heteroatoms. The number of amides is 1. The van der Waals surface area contributed by atoms with Crippen molar-refractivity contribution in [2.45, 2.75) is 26.2 Å². The first-order chi connectivity index (χ1) is 11.8. The van der Waals surface area contributed by atoms with Crippen LogP contribution in [0.25, 0.3) is 0 Å². The maximum atomic E-state index is 12.0. The smallest absolute Gasteiger partial charge is 0.252 e. The van der Waals surface area contributed by atoms with Crippen LogP contribution in [0, 0.1) is 0 Å². The van der Waals surface area contributed by atoms with Gasteiger partial charge < -0.3 is 15.5 Å². The Kier molecular flexibility index (Phi) is 6.15. The fourth-order valence-corrected chi connectivity index (χ4v) is 2.30. The molecule has 1 amide bonds. The predicted molar refractivity (Wildman–Crippen MR) is 104 cm³/mol. The highest BCUT2D eigenvalue weighted by atomic mass is 16.1. The molecule has 0 radical (unpaired) electrons. The van der Waals surface area contributed by atoms with Crippen molar-refractivity contribution in [2.24, 2.45) is 0 Å². The van der Waals surface area contributed by atoms with Gasteiger partial charge in [-0.2, -0.15) is 0 Å². The van der Waals surface area contributed by atoms with Crippen LogP contribution in [0.2, 0.25) is 0 Å². The zero-order chi connectivity index (χ0) is 18.4. The largest absolute Gasteiger partial charge is 0.351 e. The number of benzene rings is 1. The Bertz CT molecular complexity index is 685. The van der Waals surface area contributed by atoms with Gasteiger partial charge >= 0.3 is 0 Å². The average molecular weight is 340 g/mol. The fraction of sp³-hybridized carbons (Fsp3) is 0.400. The van der Waals surface area contributed by atoms with Crippen LogP contribution in [-0.2, 0) is 5.41 Å². The number of hydrogen-bond acceptors (Lipinski definition) is 4. The summed E-state index contributed by atoms with van der Waals surface area (Å²) in [5, 5.41) is 6.14. The van der Waals surface area contributed by atoms with E-state index in [4.69, 9.17) is 0 Å². The summed E-state index contributed by atoms with van der Waals surface area (Å²) in [5.41, 5.74) is 2.96. The summed E-state index contributed by atoms with van der Waals surface area (Å²) in [6, 6.07) is 11.9. The highest BCUT2D eigenvalue weighted by molar-refractivity contribution is 5.94. The molecule has 0 unspecified atom stereocenters. The molecule has 0 saturated heterocycles. The number of likely N-dealkylation sites (N-methyl/N-ethyl adjacent to an activating group) is 1. The summed E-state index contributed by atoms with van der Waals surface area (Å²) in [4.78, 5) is 18.4. The van der Waals surface area contributed by atoms with Crippen molar-refractivity contribution in [1.29, 1.82) is 0 Å². The molecule has 0 fully saturated rings. The van der Waals surface area contributed by atoms with Crippen molar-refractivity contribution in [2.75, 3.05) is 32.5 Å². The third-order valence-corrected chi connectivity index (χ3v) is 3.89. The minimum atomic E-state index is -0.101.